The second-order valence-electron chi connectivity index (χ2n) is 8.34. The summed E-state index contributed by atoms with van der Waals surface area (Å²) in [5.41, 5.74) is 4.63. The van der Waals surface area contributed by atoms with Crippen molar-refractivity contribution in [3.8, 4) is 11.5 Å². The molecule has 2 aliphatic heterocycles. The highest BCUT2D eigenvalue weighted by atomic mass is 16.5. The molecule has 0 saturated carbocycles. The monoisotopic (exact) mass is 411 g/mol. The van der Waals surface area contributed by atoms with Crippen molar-refractivity contribution in [2.45, 2.75) is 44.1 Å². The predicted octanol–water partition coefficient (Wildman–Crippen LogP) is 3.43. The molecular formula is C24H29NO5. The van der Waals surface area contributed by atoms with E-state index in [0.29, 0.717) is 11.5 Å². The van der Waals surface area contributed by atoms with Crippen LogP contribution in [0.2, 0.25) is 0 Å². The zero-order valence-electron chi connectivity index (χ0n) is 18.0. The molecule has 3 atom stereocenters. The van der Waals surface area contributed by atoms with Crippen molar-refractivity contribution < 1.29 is 24.1 Å². The molecule has 2 heterocycles. The smallest absolute Gasteiger partial charge is 0.161 e. The van der Waals surface area contributed by atoms with Crippen molar-refractivity contribution >= 4 is 16.8 Å². The first-order valence-electron chi connectivity index (χ1n) is 10.5. The topological polar surface area (TPSA) is 60.4 Å². The summed E-state index contributed by atoms with van der Waals surface area (Å²) in [4.78, 5) is 2.43. The zero-order valence-corrected chi connectivity index (χ0v) is 18.0. The molecule has 2 aromatic rings. The predicted molar refractivity (Wildman–Crippen MR) is 115 cm³/mol. The van der Waals surface area contributed by atoms with E-state index in [1.165, 1.54) is 11.1 Å². The van der Waals surface area contributed by atoms with Crippen LogP contribution in [0.25, 0.3) is 16.8 Å². The molecule has 1 N–H and O–H groups in total. The molecule has 0 radical (unpaired) electrons. The van der Waals surface area contributed by atoms with Crippen LogP contribution in [-0.2, 0) is 22.4 Å². The summed E-state index contributed by atoms with van der Waals surface area (Å²) < 4.78 is 22.6. The first kappa shape index (κ1) is 19.7. The number of fused-ring (bicyclic) bond motifs is 7. The summed E-state index contributed by atoms with van der Waals surface area (Å²) in [5, 5.41) is 13.5. The van der Waals surface area contributed by atoms with Gasteiger partial charge in [0.05, 0.1) is 27.4 Å². The number of rotatable bonds is 4. The van der Waals surface area contributed by atoms with Gasteiger partial charge in [0.15, 0.2) is 11.5 Å². The van der Waals surface area contributed by atoms with Gasteiger partial charge >= 0.3 is 0 Å². The van der Waals surface area contributed by atoms with Crippen molar-refractivity contribution in [3.05, 3.63) is 40.1 Å². The van der Waals surface area contributed by atoms with Crippen LogP contribution in [0.4, 0.5) is 0 Å². The number of hydrogen-bond donors (Lipinski definition) is 1. The SMILES string of the molecule is COC1=Cc2c(c3c(c4cc(OC)c(OC)cc24)[C@H](O)[C@@H]2CCCN2C3)CC1OC. The molecule has 0 amide bonds. The largest absolute Gasteiger partial charge is 0.498 e. The first-order valence-corrected chi connectivity index (χ1v) is 10.5. The molecule has 3 aliphatic rings. The van der Waals surface area contributed by atoms with Gasteiger partial charge in [-0.15, -0.1) is 0 Å². The van der Waals surface area contributed by atoms with Gasteiger partial charge in [-0.3, -0.25) is 4.90 Å². The van der Waals surface area contributed by atoms with Crippen molar-refractivity contribution in [2.24, 2.45) is 0 Å². The number of nitrogens with zero attached hydrogens (tertiary/aromatic N) is 1. The van der Waals surface area contributed by atoms with Crippen molar-refractivity contribution in [2.75, 3.05) is 35.0 Å². The second-order valence-corrected chi connectivity index (χ2v) is 8.34. The zero-order chi connectivity index (χ0) is 21.0. The van der Waals surface area contributed by atoms with E-state index < -0.39 is 6.10 Å². The van der Waals surface area contributed by atoms with E-state index in [9.17, 15) is 5.11 Å². The number of aliphatic hydroxyl groups is 1. The Labute approximate surface area is 177 Å². The van der Waals surface area contributed by atoms with Crippen LogP contribution in [-0.4, -0.2) is 57.1 Å². The lowest BCUT2D eigenvalue weighted by Crippen LogP contribution is -2.40. The van der Waals surface area contributed by atoms with E-state index >= 15 is 0 Å². The summed E-state index contributed by atoms with van der Waals surface area (Å²) in [5.74, 6) is 2.17. The number of aliphatic hydroxyl groups excluding tert-OH is 1. The quantitative estimate of drug-likeness (QED) is 0.832. The van der Waals surface area contributed by atoms with Crippen molar-refractivity contribution in [1.29, 1.82) is 0 Å². The van der Waals surface area contributed by atoms with Gasteiger partial charge in [-0.25, -0.2) is 0 Å². The molecule has 1 unspecified atom stereocenters. The maximum atomic E-state index is 11.5. The van der Waals surface area contributed by atoms with E-state index in [1.54, 1.807) is 28.4 Å². The Kier molecular flexibility index (Phi) is 4.88. The Balaban J connectivity index is 1.85. The Morgan fingerprint density at radius 2 is 1.70 bits per heavy atom. The van der Waals surface area contributed by atoms with Gasteiger partial charge in [-0.2, -0.15) is 0 Å². The summed E-state index contributed by atoms with van der Waals surface area (Å²) in [7, 11) is 6.70. The third-order valence-corrected chi connectivity index (χ3v) is 7.07. The maximum Gasteiger partial charge on any atom is 0.161 e. The minimum atomic E-state index is -0.518. The number of hydrogen-bond acceptors (Lipinski definition) is 6. The Bertz CT molecular complexity index is 1030. The summed E-state index contributed by atoms with van der Waals surface area (Å²) in [6.45, 7) is 1.89. The number of benzene rings is 2. The molecular weight excluding hydrogens is 382 g/mol. The van der Waals surface area contributed by atoms with E-state index in [0.717, 1.165) is 60.0 Å². The van der Waals surface area contributed by atoms with Crippen LogP contribution in [0.15, 0.2) is 17.9 Å². The molecule has 0 aromatic heterocycles. The standard InChI is InChI=1S/C24H29NO5/c1-27-19-8-13-14-9-20(28-2)22(30-4)11-16(14)23-17(15(13)10-21(19)29-3)12-25-7-5-6-18(25)24(23)26/h8-9,11,18,21,24,26H,5-7,10,12H2,1-4H3/t18-,21?,24+/m0/s1. The summed E-state index contributed by atoms with van der Waals surface area (Å²) >= 11 is 0. The molecule has 0 bridgehead atoms. The van der Waals surface area contributed by atoms with Gasteiger partial charge < -0.3 is 24.1 Å². The van der Waals surface area contributed by atoms with E-state index in [-0.39, 0.29) is 12.1 Å². The summed E-state index contributed by atoms with van der Waals surface area (Å²) in [6.07, 6.45) is 4.32. The maximum absolute atomic E-state index is 11.5. The molecule has 2 aromatic carbocycles. The van der Waals surface area contributed by atoms with E-state index in [1.807, 2.05) is 12.1 Å². The highest BCUT2D eigenvalue weighted by molar-refractivity contribution is 5.99. The molecule has 5 rings (SSSR count). The van der Waals surface area contributed by atoms with Gasteiger partial charge in [0.25, 0.3) is 0 Å². The molecule has 160 valence electrons. The van der Waals surface area contributed by atoms with Gasteiger partial charge in [0, 0.05) is 26.1 Å². The summed E-state index contributed by atoms with van der Waals surface area (Å²) in [6, 6.07) is 4.22. The normalized spacial score (nSPS) is 25.4. The van der Waals surface area contributed by atoms with Gasteiger partial charge in [0.2, 0.25) is 0 Å². The molecule has 6 nitrogen and oxygen atoms in total. The number of methoxy groups -OCH3 is 4. The molecule has 1 fully saturated rings. The average Bonchev–Trinajstić information content (AvgIpc) is 3.26. The molecule has 6 heteroatoms. The van der Waals surface area contributed by atoms with Gasteiger partial charge in [-0.05, 0) is 70.6 Å². The fourth-order valence-corrected chi connectivity index (χ4v) is 5.60. The first-order chi connectivity index (χ1) is 14.6. The second kappa shape index (κ2) is 7.45. The van der Waals surface area contributed by atoms with Crippen molar-refractivity contribution in [1.82, 2.24) is 4.90 Å². The minimum absolute atomic E-state index is 0.127. The van der Waals surface area contributed by atoms with Gasteiger partial charge in [-0.1, -0.05) is 0 Å². The van der Waals surface area contributed by atoms with Crippen LogP contribution in [0.1, 0.15) is 41.2 Å². The highest BCUT2D eigenvalue weighted by Crippen LogP contribution is 2.48. The van der Waals surface area contributed by atoms with Crippen molar-refractivity contribution in [3.63, 3.8) is 0 Å². The average molecular weight is 411 g/mol. The minimum Gasteiger partial charge on any atom is -0.498 e. The van der Waals surface area contributed by atoms with Crippen LogP contribution in [0, 0.1) is 0 Å². The Morgan fingerprint density at radius 1 is 0.967 bits per heavy atom. The third kappa shape index (κ3) is 2.74. The third-order valence-electron chi connectivity index (χ3n) is 7.07. The molecule has 1 aliphatic carbocycles. The fourth-order valence-electron chi connectivity index (χ4n) is 5.60. The van der Waals surface area contributed by atoms with E-state index in [4.69, 9.17) is 18.9 Å². The molecule has 0 spiro atoms. The lowest BCUT2D eigenvalue weighted by Gasteiger charge is -2.39. The lowest BCUT2D eigenvalue weighted by molar-refractivity contribution is 0.0529. The van der Waals surface area contributed by atoms with Crippen LogP contribution < -0.4 is 9.47 Å². The number of ether oxygens (including phenoxy) is 4. The van der Waals surface area contributed by atoms with Gasteiger partial charge in [0.1, 0.15) is 11.9 Å². The van der Waals surface area contributed by atoms with Crippen LogP contribution >= 0.6 is 0 Å². The van der Waals surface area contributed by atoms with E-state index in [2.05, 4.69) is 11.0 Å². The molecule has 30 heavy (non-hydrogen) atoms. The Hall–Kier alpha value is -2.28. The Morgan fingerprint density at radius 3 is 2.37 bits per heavy atom. The fraction of sp³-hybridized carbons (Fsp3) is 0.500. The van der Waals surface area contributed by atoms with Crippen LogP contribution in [0.3, 0.4) is 0 Å². The molecule has 1 saturated heterocycles. The highest BCUT2D eigenvalue weighted by Gasteiger charge is 2.41. The lowest BCUT2D eigenvalue weighted by atomic mass is 9.78. The van der Waals surface area contributed by atoms with Crippen LogP contribution in [0.5, 0.6) is 11.5 Å².